The van der Waals surface area contributed by atoms with Gasteiger partial charge in [-0.2, -0.15) is 0 Å². The van der Waals surface area contributed by atoms with Gasteiger partial charge in [-0.15, -0.1) is 0 Å². The second-order valence-electron chi connectivity index (χ2n) is 4.36. The van der Waals surface area contributed by atoms with Gasteiger partial charge in [0.1, 0.15) is 17.1 Å². The lowest BCUT2D eigenvalue weighted by Crippen LogP contribution is -2.10. The van der Waals surface area contributed by atoms with E-state index in [0.29, 0.717) is 17.1 Å². The first-order valence-corrected chi connectivity index (χ1v) is 6.04. The first-order chi connectivity index (χ1) is 9.11. The molecule has 0 N–H and O–H groups in total. The summed E-state index contributed by atoms with van der Waals surface area (Å²) in [7, 11) is 1.53. The Morgan fingerprint density at radius 2 is 1.74 bits per heavy atom. The van der Waals surface area contributed by atoms with Crippen molar-refractivity contribution >= 4 is 5.97 Å². The van der Waals surface area contributed by atoms with Crippen LogP contribution in [0.5, 0.6) is 11.5 Å². The van der Waals surface area contributed by atoms with Gasteiger partial charge in [-0.3, -0.25) is 0 Å². The molecule has 0 unspecified atom stereocenters. The largest absolute Gasteiger partial charge is 0.496 e. The van der Waals surface area contributed by atoms with Gasteiger partial charge in [0.25, 0.3) is 0 Å². The number of para-hydroxylation sites is 1. The molecule has 0 radical (unpaired) electrons. The minimum atomic E-state index is -0.413. The molecule has 0 aliphatic heterocycles. The molecule has 0 amide bonds. The average Bonchev–Trinajstić information content (AvgIpc) is 2.41. The zero-order valence-corrected chi connectivity index (χ0v) is 11.3. The molecule has 2 rings (SSSR count). The molecule has 19 heavy (non-hydrogen) atoms. The van der Waals surface area contributed by atoms with Crippen LogP contribution in [0.2, 0.25) is 0 Å². The molecule has 0 aliphatic rings. The zero-order chi connectivity index (χ0) is 13.8. The van der Waals surface area contributed by atoms with E-state index >= 15 is 0 Å². The van der Waals surface area contributed by atoms with Crippen molar-refractivity contribution in [2.75, 3.05) is 7.11 Å². The number of benzene rings is 2. The summed E-state index contributed by atoms with van der Waals surface area (Å²) >= 11 is 0. The summed E-state index contributed by atoms with van der Waals surface area (Å²) in [6, 6.07) is 12.7. The van der Waals surface area contributed by atoms with Crippen LogP contribution in [-0.4, -0.2) is 13.1 Å². The number of ether oxygens (including phenoxy) is 2. The number of aryl methyl sites for hydroxylation is 2. The van der Waals surface area contributed by atoms with Gasteiger partial charge in [-0.25, -0.2) is 4.79 Å². The van der Waals surface area contributed by atoms with Crippen molar-refractivity contribution in [3.8, 4) is 11.5 Å². The first-order valence-electron chi connectivity index (χ1n) is 6.04. The van der Waals surface area contributed by atoms with Crippen LogP contribution >= 0.6 is 0 Å². The van der Waals surface area contributed by atoms with Gasteiger partial charge in [-0.1, -0.05) is 29.8 Å². The normalized spacial score (nSPS) is 10.1. The maximum Gasteiger partial charge on any atom is 0.347 e. The number of methoxy groups -OCH3 is 1. The lowest BCUT2D eigenvalue weighted by Gasteiger charge is -2.10. The van der Waals surface area contributed by atoms with Crippen molar-refractivity contribution in [3.63, 3.8) is 0 Å². The third-order valence-corrected chi connectivity index (χ3v) is 2.86. The van der Waals surface area contributed by atoms with Crippen molar-refractivity contribution in [1.29, 1.82) is 0 Å². The van der Waals surface area contributed by atoms with Crippen LogP contribution in [0.3, 0.4) is 0 Å². The smallest absolute Gasteiger partial charge is 0.347 e. The van der Waals surface area contributed by atoms with Crippen molar-refractivity contribution in [1.82, 2.24) is 0 Å². The molecular formula is C16H16O3. The van der Waals surface area contributed by atoms with Crippen LogP contribution < -0.4 is 9.47 Å². The fourth-order valence-corrected chi connectivity index (χ4v) is 1.88. The molecule has 0 fully saturated rings. The Kier molecular flexibility index (Phi) is 3.85. The van der Waals surface area contributed by atoms with E-state index < -0.39 is 5.97 Å². The molecule has 0 saturated heterocycles. The Morgan fingerprint density at radius 1 is 1.00 bits per heavy atom. The monoisotopic (exact) mass is 256 g/mol. The highest BCUT2D eigenvalue weighted by atomic mass is 16.5. The summed E-state index contributed by atoms with van der Waals surface area (Å²) in [4.78, 5) is 12.1. The lowest BCUT2D eigenvalue weighted by molar-refractivity contribution is 0.0730. The summed E-state index contributed by atoms with van der Waals surface area (Å²) < 4.78 is 10.6. The van der Waals surface area contributed by atoms with Crippen LogP contribution in [-0.2, 0) is 0 Å². The highest BCUT2D eigenvalue weighted by Gasteiger charge is 2.14. The van der Waals surface area contributed by atoms with Crippen LogP contribution in [0.1, 0.15) is 21.5 Å². The van der Waals surface area contributed by atoms with Crippen molar-refractivity contribution in [3.05, 3.63) is 59.2 Å². The molecule has 0 aliphatic carbocycles. The van der Waals surface area contributed by atoms with Gasteiger partial charge >= 0.3 is 5.97 Å². The highest BCUT2D eigenvalue weighted by Crippen LogP contribution is 2.23. The summed E-state index contributed by atoms with van der Waals surface area (Å²) in [5.74, 6) is 0.670. The Morgan fingerprint density at radius 3 is 2.42 bits per heavy atom. The number of carbonyl (C=O) groups is 1. The van der Waals surface area contributed by atoms with Gasteiger partial charge in [0, 0.05) is 0 Å². The standard InChI is InChI=1S/C16H16O3/c1-11-8-9-14(12(2)10-11)19-16(17)13-6-4-5-7-15(13)18-3/h4-10H,1-3H3. The highest BCUT2D eigenvalue weighted by molar-refractivity contribution is 5.94. The molecule has 2 aromatic rings. The van der Waals surface area contributed by atoms with Crippen LogP contribution in [0, 0.1) is 13.8 Å². The molecule has 0 bridgehead atoms. The van der Waals surface area contributed by atoms with E-state index in [1.54, 1.807) is 24.3 Å². The predicted molar refractivity (Wildman–Crippen MR) is 73.9 cm³/mol. The number of carbonyl (C=O) groups excluding carboxylic acids is 1. The second-order valence-corrected chi connectivity index (χ2v) is 4.36. The number of rotatable bonds is 3. The Labute approximate surface area is 112 Å². The van der Waals surface area contributed by atoms with E-state index in [2.05, 4.69) is 0 Å². The van der Waals surface area contributed by atoms with Crippen LogP contribution in [0.15, 0.2) is 42.5 Å². The Balaban J connectivity index is 2.26. The van der Waals surface area contributed by atoms with Gasteiger partial charge in [-0.05, 0) is 37.6 Å². The molecule has 3 nitrogen and oxygen atoms in total. The molecular weight excluding hydrogens is 240 g/mol. The predicted octanol–water partition coefficient (Wildman–Crippen LogP) is 3.53. The zero-order valence-electron chi connectivity index (χ0n) is 11.3. The molecule has 0 spiro atoms. The summed E-state index contributed by atoms with van der Waals surface area (Å²) in [6.07, 6.45) is 0. The SMILES string of the molecule is COc1ccccc1C(=O)Oc1ccc(C)cc1C. The third kappa shape index (κ3) is 2.94. The lowest BCUT2D eigenvalue weighted by atomic mass is 10.1. The van der Waals surface area contributed by atoms with Crippen molar-refractivity contribution in [2.45, 2.75) is 13.8 Å². The van der Waals surface area contributed by atoms with Crippen LogP contribution in [0.4, 0.5) is 0 Å². The van der Waals surface area contributed by atoms with Gasteiger partial charge in [0.2, 0.25) is 0 Å². The van der Waals surface area contributed by atoms with E-state index in [4.69, 9.17) is 9.47 Å². The maximum atomic E-state index is 12.1. The number of esters is 1. The molecule has 98 valence electrons. The first kappa shape index (κ1) is 13.1. The van der Waals surface area contributed by atoms with Crippen molar-refractivity contribution < 1.29 is 14.3 Å². The summed E-state index contributed by atoms with van der Waals surface area (Å²) in [5.41, 5.74) is 2.49. The van der Waals surface area contributed by atoms with Gasteiger partial charge in [0.15, 0.2) is 0 Å². The molecule has 0 heterocycles. The molecule has 0 aromatic heterocycles. The topological polar surface area (TPSA) is 35.5 Å². The van der Waals surface area contributed by atoms with Gasteiger partial charge < -0.3 is 9.47 Å². The minimum Gasteiger partial charge on any atom is -0.496 e. The van der Waals surface area contributed by atoms with E-state index in [9.17, 15) is 4.79 Å². The van der Waals surface area contributed by atoms with E-state index in [-0.39, 0.29) is 0 Å². The quantitative estimate of drug-likeness (QED) is 0.622. The Hall–Kier alpha value is -2.29. The van der Waals surface area contributed by atoms with E-state index in [1.807, 2.05) is 32.0 Å². The average molecular weight is 256 g/mol. The van der Waals surface area contributed by atoms with Gasteiger partial charge in [0.05, 0.1) is 7.11 Å². The molecule has 0 saturated carbocycles. The second kappa shape index (κ2) is 5.57. The van der Waals surface area contributed by atoms with E-state index in [0.717, 1.165) is 11.1 Å². The molecule has 3 heteroatoms. The van der Waals surface area contributed by atoms with Crippen LogP contribution in [0.25, 0.3) is 0 Å². The number of hydrogen-bond donors (Lipinski definition) is 0. The fourth-order valence-electron chi connectivity index (χ4n) is 1.88. The fraction of sp³-hybridized carbons (Fsp3) is 0.188. The molecule has 0 atom stereocenters. The summed E-state index contributed by atoms with van der Waals surface area (Å²) in [6.45, 7) is 3.91. The molecule has 2 aromatic carbocycles. The number of hydrogen-bond acceptors (Lipinski definition) is 3. The maximum absolute atomic E-state index is 12.1. The third-order valence-electron chi connectivity index (χ3n) is 2.86. The van der Waals surface area contributed by atoms with E-state index in [1.165, 1.54) is 7.11 Å². The van der Waals surface area contributed by atoms with Crippen molar-refractivity contribution in [2.24, 2.45) is 0 Å². The summed E-state index contributed by atoms with van der Waals surface area (Å²) in [5, 5.41) is 0. The minimum absolute atomic E-state index is 0.413. The Bertz CT molecular complexity index is 603.